The number of likely N-dealkylation sites (tertiary alicyclic amines) is 2. The van der Waals surface area contributed by atoms with E-state index in [4.69, 9.17) is 14.2 Å². The summed E-state index contributed by atoms with van der Waals surface area (Å²) in [6.07, 6.45) is 2.86. The zero-order valence-corrected chi connectivity index (χ0v) is 18.8. The van der Waals surface area contributed by atoms with Crippen LogP contribution in [-0.2, 0) is 23.8 Å². The average Bonchev–Trinajstić information content (AvgIpc) is 3.12. The van der Waals surface area contributed by atoms with Crippen LogP contribution in [0.4, 0.5) is 4.79 Å². The van der Waals surface area contributed by atoms with Gasteiger partial charge in [-0.2, -0.15) is 0 Å². The van der Waals surface area contributed by atoms with E-state index >= 15 is 0 Å². The van der Waals surface area contributed by atoms with Gasteiger partial charge in [0.25, 0.3) is 0 Å². The summed E-state index contributed by atoms with van der Waals surface area (Å²) in [6.45, 7) is 5.86. The number of aliphatic hydroxyl groups is 1. The molecule has 1 saturated carbocycles. The lowest BCUT2D eigenvalue weighted by molar-refractivity contribution is -0.153. The number of fused-ring (bicyclic) bond motifs is 1. The Morgan fingerprint density at radius 3 is 2.23 bits per heavy atom. The van der Waals surface area contributed by atoms with Gasteiger partial charge in [-0.15, -0.1) is 0 Å². The molecule has 0 spiro atoms. The summed E-state index contributed by atoms with van der Waals surface area (Å²) < 4.78 is 15.3. The van der Waals surface area contributed by atoms with Crippen LogP contribution in [0.3, 0.4) is 0 Å². The second-order valence-electron chi connectivity index (χ2n) is 8.94. The normalized spacial score (nSPS) is 33.5. The number of rotatable bonds is 6. The van der Waals surface area contributed by atoms with Crippen molar-refractivity contribution in [1.82, 2.24) is 9.80 Å². The Bertz CT molecular complexity index is 658. The van der Waals surface area contributed by atoms with Crippen LogP contribution >= 0.6 is 0 Å². The first kappa shape index (κ1) is 23.8. The molecule has 4 unspecified atom stereocenters. The van der Waals surface area contributed by atoms with Gasteiger partial charge >= 0.3 is 18.0 Å². The highest BCUT2D eigenvalue weighted by Gasteiger charge is 2.46. The molecule has 1 aliphatic carbocycles. The van der Waals surface area contributed by atoms with Crippen molar-refractivity contribution < 1.29 is 33.7 Å². The van der Waals surface area contributed by atoms with Crippen molar-refractivity contribution in [2.24, 2.45) is 17.8 Å². The quantitative estimate of drug-likeness (QED) is 0.488. The molecule has 9 heteroatoms. The topological polar surface area (TPSA) is 106 Å². The van der Waals surface area contributed by atoms with Crippen LogP contribution in [0.25, 0.3) is 0 Å². The molecule has 0 aromatic rings. The van der Waals surface area contributed by atoms with Crippen LogP contribution in [0.1, 0.15) is 46.0 Å². The molecule has 0 aromatic carbocycles. The summed E-state index contributed by atoms with van der Waals surface area (Å²) in [4.78, 5) is 40.7. The Morgan fingerprint density at radius 2 is 1.58 bits per heavy atom. The molecule has 2 heterocycles. The van der Waals surface area contributed by atoms with Crippen LogP contribution in [0, 0.1) is 17.8 Å². The summed E-state index contributed by atoms with van der Waals surface area (Å²) in [6, 6.07) is -1.01. The number of methoxy groups -OCH3 is 1. The molecular weight excluding hydrogens is 404 g/mol. The zero-order chi connectivity index (χ0) is 22.5. The number of piperidine rings is 1. The molecule has 31 heavy (non-hydrogen) atoms. The van der Waals surface area contributed by atoms with Gasteiger partial charge in [-0.3, -0.25) is 14.6 Å². The first-order chi connectivity index (χ1) is 14.9. The van der Waals surface area contributed by atoms with Crippen LogP contribution in [-0.4, -0.2) is 91.1 Å². The van der Waals surface area contributed by atoms with Crippen molar-refractivity contribution >= 4 is 18.0 Å². The second-order valence-corrected chi connectivity index (χ2v) is 8.94. The fourth-order valence-corrected chi connectivity index (χ4v) is 5.59. The van der Waals surface area contributed by atoms with E-state index in [1.54, 1.807) is 13.8 Å². The Kier molecular flexibility index (Phi) is 8.16. The molecule has 2 aliphatic heterocycles. The molecular formula is C22H36N2O7. The van der Waals surface area contributed by atoms with Crippen LogP contribution in [0.15, 0.2) is 0 Å². The number of carbonyl (C=O) groups excluding carboxylic acids is 3. The van der Waals surface area contributed by atoms with Gasteiger partial charge < -0.3 is 19.3 Å². The van der Waals surface area contributed by atoms with Gasteiger partial charge in [-0.05, 0) is 57.3 Å². The summed E-state index contributed by atoms with van der Waals surface area (Å²) in [5.41, 5.74) is 0. The third-order valence-corrected chi connectivity index (χ3v) is 6.98. The molecule has 1 amide bonds. The van der Waals surface area contributed by atoms with Crippen LogP contribution < -0.4 is 0 Å². The predicted octanol–water partition coefficient (Wildman–Crippen LogP) is 1.42. The van der Waals surface area contributed by atoms with Gasteiger partial charge in [0, 0.05) is 26.1 Å². The number of hydrogen-bond donors (Lipinski definition) is 1. The molecule has 176 valence electrons. The molecule has 2 saturated heterocycles. The lowest BCUT2D eigenvalue weighted by Crippen LogP contribution is -2.55. The minimum atomic E-state index is -0.617. The fraction of sp³-hybridized carbons (Fsp3) is 0.864. The van der Waals surface area contributed by atoms with Crippen molar-refractivity contribution in [3.8, 4) is 0 Å². The molecule has 6 atom stereocenters. The molecule has 3 fully saturated rings. The maximum Gasteiger partial charge on any atom is 0.410 e. The largest absolute Gasteiger partial charge is 0.465 e. The number of ether oxygens (including phenoxy) is 3. The first-order valence-corrected chi connectivity index (χ1v) is 11.5. The second kappa shape index (κ2) is 10.6. The highest BCUT2D eigenvalue weighted by Crippen LogP contribution is 2.42. The smallest absolute Gasteiger partial charge is 0.410 e. The average molecular weight is 441 g/mol. The highest BCUT2D eigenvalue weighted by atomic mass is 16.6. The molecule has 0 aromatic heterocycles. The third-order valence-electron chi connectivity index (χ3n) is 6.98. The molecule has 0 radical (unpaired) electrons. The number of nitrogens with zero attached hydrogens (tertiary/aromatic N) is 2. The maximum atomic E-state index is 12.5. The molecule has 0 bridgehead atoms. The number of β-amino-alcohol motifs (C(OH)–C–C–N with tert-alkyl or cyclic N) is 1. The van der Waals surface area contributed by atoms with Crippen LogP contribution in [0.5, 0.6) is 0 Å². The minimum Gasteiger partial charge on any atom is -0.465 e. The number of aliphatic hydroxyl groups excluding tert-OH is 1. The van der Waals surface area contributed by atoms with Gasteiger partial charge in [0.1, 0.15) is 12.1 Å². The summed E-state index contributed by atoms with van der Waals surface area (Å²) in [5, 5.41) is 10.1. The lowest BCUT2D eigenvalue weighted by atomic mass is 9.69. The van der Waals surface area contributed by atoms with Gasteiger partial charge in [0.2, 0.25) is 0 Å². The monoisotopic (exact) mass is 440 g/mol. The summed E-state index contributed by atoms with van der Waals surface area (Å²) >= 11 is 0. The maximum absolute atomic E-state index is 12.5. The standard InChI is InChI=1S/C22H36N2O7/c1-4-30-20(26)18-10-17(25)13-23(18)11-14-6-7-15-12-24(22(28)29-3)19(9-16(15)8-14)21(27)31-5-2/h14-19,25H,4-13H2,1-3H3/t14?,15?,16?,17-,18-,19?/m0/s1. The Hall–Kier alpha value is -1.87. The molecule has 9 nitrogen and oxygen atoms in total. The number of hydrogen-bond acceptors (Lipinski definition) is 8. The van der Waals surface area contributed by atoms with E-state index in [0.29, 0.717) is 50.3 Å². The van der Waals surface area contributed by atoms with E-state index in [2.05, 4.69) is 4.90 Å². The zero-order valence-electron chi connectivity index (χ0n) is 18.8. The van der Waals surface area contributed by atoms with Crippen molar-refractivity contribution in [1.29, 1.82) is 0 Å². The Labute approximate surface area is 184 Å². The first-order valence-electron chi connectivity index (χ1n) is 11.5. The molecule has 3 aliphatic rings. The van der Waals surface area contributed by atoms with Crippen molar-refractivity contribution in [3.63, 3.8) is 0 Å². The SMILES string of the molecule is CCOC(=O)C1CC2CC(CN3C[C@@H](O)C[C@H]3C(=O)OCC)CCC2CN1C(=O)OC. The lowest BCUT2D eigenvalue weighted by Gasteiger charge is -2.46. The van der Waals surface area contributed by atoms with Gasteiger partial charge in [-0.1, -0.05) is 0 Å². The van der Waals surface area contributed by atoms with Gasteiger partial charge in [-0.25, -0.2) is 9.59 Å². The Morgan fingerprint density at radius 1 is 0.903 bits per heavy atom. The van der Waals surface area contributed by atoms with E-state index < -0.39 is 18.2 Å². The van der Waals surface area contributed by atoms with E-state index in [9.17, 15) is 19.5 Å². The Balaban J connectivity index is 1.64. The van der Waals surface area contributed by atoms with E-state index in [1.807, 2.05) is 0 Å². The number of esters is 2. The van der Waals surface area contributed by atoms with E-state index in [1.165, 1.54) is 12.0 Å². The fourth-order valence-electron chi connectivity index (χ4n) is 5.59. The molecule has 3 rings (SSSR count). The van der Waals surface area contributed by atoms with Gasteiger partial charge in [0.15, 0.2) is 0 Å². The molecule has 1 N–H and O–H groups in total. The van der Waals surface area contributed by atoms with Crippen LogP contribution in [0.2, 0.25) is 0 Å². The van der Waals surface area contributed by atoms with Crippen molar-refractivity contribution in [2.75, 3.05) is 40.0 Å². The summed E-state index contributed by atoms with van der Waals surface area (Å²) in [7, 11) is 1.33. The van der Waals surface area contributed by atoms with Gasteiger partial charge in [0.05, 0.1) is 26.4 Å². The number of amides is 1. The highest BCUT2D eigenvalue weighted by molar-refractivity contribution is 5.81. The predicted molar refractivity (Wildman–Crippen MR) is 111 cm³/mol. The van der Waals surface area contributed by atoms with E-state index in [0.717, 1.165) is 25.8 Å². The van der Waals surface area contributed by atoms with Crippen molar-refractivity contribution in [3.05, 3.63) is 0 Å². The number of carbonyl (C=O) groups is 3. The van der Waals surface area contributed by atoms with Crippen molar-refractivity contribution in [2.45, 2.75) is 64.1 Å². The summed E-state index contributed by atoms with van der Waals surface area (Å²) in [5.74, 6) is 0.365. The third kappa shape index (κ3) is 5.49. The van der Waals surface area contributed by atoms with E-state index in [-0.39, 0.29) is 24.6 Å². The minimum absolute atomic E-state index is 0.263.